The molecular weight excluding hydrogens is 414 g/mol. The molecule has 1 aromatic carbocycles. The summed E-state index contributed by atoms with van der Waals surface area (Å²) in [5, 5.41) is 3.02. The van der Waals surface area contributed by atoms with Gasteiger partial charge in [0.05, 0.1) is 24.1 Å². The number of anilines is 2. The molecule has 2 heterocycles. The van der Waals surface area contributed by atoms with Crippen molar-refractivity contribution < 1.29 is 9.59 Å². The first kappa shape index (κ1) is 22.5. The summed E-state index contributed by atoms with van der Waals surface area (Å²) in [4.78, 5) is 36.6. The lowest BCUT2D eigenvalue weighted by atomic mass is 9.86. The van der Waals surface area contributed by atoms with Gasteiger partial charge in [-0.25, -0.2) is 9.78 Å². The van der Waals surface area contributed by atoms with Crippen molar-refractivity contribution in [2.24, 2.45) is 4.99 Å². The molecule has 0 spiro atoms. The van der Waals surface area contributed by atoms with Crippen LogP contribution in [0.4, 0.5) is 16.2 Å². The lowest BCUT2D eigenvalue weighted by molar-refractivity contribution is 0.102. The predicted molar refractivity (Wildman–Crippen MR) is 125 cm³/mol. The number of urea groups is 1. The number of rotatable bonds is 4. The molecule has 162 valence electrons. The second-order valence-electron chi connectivity index (χ2n) is 8.51. The number of nitrogens with zero attached hydrogens (tertiary/aromatic N) is 4. The standard InChI is InChI=1S/C23H26ClN5O2/c1-23(2,3)17-8-6-7-16(9-17)21(30)27-18-10-19(20(24)26-12-18)29-14-15(11-25-4)13-28(5)22(29)31/h6-12H,4,13-14H2,1-3,5H3,(H,27,30)/b15-11+. The number of hydrogen-bond acceptors (Lipinski definition) is 4. The van der Waals surface area contributed by atoms with Gasteiger partial charge in [0, 0.05) is 25.4 Å². The Hall–Kier alpha value is -3.19. The molecule has 0 unspecified atom stereocenters. The second-order valence-corrected chi connectivity index (χ2v) is 8.87. The number of benzene rings is 1. The normalized spacial score (nSPS) is 15.9. The van der Waals surface area contributed by atoms with E-state index < -0.39 is 0 Å². The fourth-order valence-electron chi connectivity index (χ4n) is 3.32. The van der Waals surface area contributed by atoms with Crippen LogP contribution in [0.25, 0.3) is 0 Å². The zero-order valence-electron chi connectivity index (χ0n) is 18.1. The number of carbonyl (C=O) groups is 2. The summed E-state index contributed by atoms with van der Waals surface area (Å²) in [6.07, 6.45) is 3.10. The van der Waals surface area contributed by atoms with Gasteiger partial charge in [0.25, 0.3) is 5.91 Å². The summed E-state index contributed by atoms with van der Waals surface area (Å²) in [7, 11) is 1.70. The van der Waals surface area contributed by atoms with E-state index in [2.05, 4.69) is 42.8 Å². The van der Waals surface area contributed by atoms with E-state index in [1.165, 1.54) is 11.1 Å². The summed E-state index contributed by atoms with van der Waals surface area (Å²) in [5.74, 6) is -0.264. The summed E-state index contributed by atoms with van der Waals surface area (Å²) in [6, 6.07) is 8.94. The Kier molecular flexibility index (Phi) is 6.45. The van der Waals surface area contributed by atoms with Crippen molar-refractivity contribution in [3.05, 3.63) is 64.6 Å². The fourth-order valence-corrected chi connectivity index (χ4v) is 3.53. The van der Waals surface area contributed by atoms with Gasteiger partial charge >= 0.3 is 6.03 Å². The number of pyridine rings is 1. The Labute approximate surface area is 187 Å². The molecule has 1 aliphatic heterocycles. The molecule has 0 aliphatic carbocycles. The molecule has 1 aromatic heterocycles. The average Bonchev–Trinajstić information content (AvgIpc) is 2.72. The first-order chi connectivity index (χ1) is 14.6. The smallest absolute Gasteiger partial charge is 0.323 e. The van der Waals surface area contributed by atoms with Crippen LogP contribution in [0.15, 0.2) is 53.3 Å². The largest absolute Gasteiger partial charge is 0.324 e. The number of carbonyl (C=O) groups excluding carboxylic acids is 2. The number of likely N-dealkylation sites (N-methyl/N-ethyl adjacent to an activating group) is 1. The molecule has 3 rings (SSSR count). The van der Waals surface area contributed by atoms with Crippen LogP contribution in [-0.2, 0) is 5.41 Å². The van der Waals surface area contributed by atoms with Crippen molar-refractivity contribution in [1.29, 1.82) is 0 Å². The van der Waals surface area contributed by atoms with Crippen LogP contribution in [0.1, 0.15) is 36.7 Å². The van der Waals surface area contributed by atoms with Gasteiger partial charge in [-0.3, -0.25) is 14.7 Å². The Morgan fingerprint density at radius 2 is 2.03 bits per heavy atom. The van der Waals surface area contributed by atoms with E-state index in [1.807, 2.05) is 18.2 Å². The van der Waals surface area contributed by atoms with Crippen molar-refractivity contribution in [1.82, 2.24) is 9.88 Å². The summed E-state index contributed by atoms with van der Waals surface area (Å²) in [6.45, 7) is 10.5. The number of aromatic nitrogens is 1. The highest BCUT2D eigenvalue weighted by Gasteiger charge is 2.29. The van der Waals surface area contributed by atoms with Crippen LogP contribution in [-0.4, -0.2) is 48.7 Å². The number of aliphatic imine (C=N–C) groups is 1. The molecule has 1 saturated heterocycles. The van der Waals surface area contributed by atoms with Crippen molar-refractivity contribution >= 4 is 41.6 Å². The van der Waals surface area contributed by atoms with E-state index in [9.17, 15) is 9.59 Å². The molecule has 0 bridgehead atoms. The third-order valence-corrected chi connectivity index (χ3v) is 5.28. The van der Waals surface area contributed by atoms with E-state index in [-0.39, 0.29) is 22.5 Å². The van der Waals surface area contributed by atoms with Crippen LogP contribution in [0, 0.1) is 0 Å². The number of amides is 3. The zero-order valence-corrected chi connectivity index (χ0v) is 18.9. The third kappa shape index (κ3) is 5.11. The predicted octanol–water partition coefficient (Wildman–Crippen LogP) is 4.74. The molecule has 0 atom stereocenters. The van der Waals surface area contributed by atoms with Gasteiger partial charge in [-0.05, 0) is 41.5 Å². The molecule has 0 radical (unpaired) electrons. The Bertz CT molecular complexity index is 1060. The highest BCUT2D eigenvalue weighted by Crippen LogP contribution is 2.30. The molecule has 2 aromatic rings. The molecule has 8 heteroatoms. The number of hydrogen-bond donors (Lipinski definition) is 1. The zero-order chi connectivity index (χ0) is 22.8. The maximum atomic E-state index is 12.8. The molecule has 1 fully saturated rings. The molecule has 3 amide bonds. The van der Waals surface area contributed by atoms with Crippen LogP contribution < -0.4 is 10.2 Å². The summed E-state index contributed by atoms with van der Waals surface area (Å²) in [5.41, 5.74) is 3.29. The van der Waals surface area contributed by atoms with Crippen molar-refractivity contribution in [3.63, 3.8) is 0 Å². The Morgan fingerprint density at radius 1 is 1.29 bits per heavy atom. The minimum absolute atomic E-state index is 0.0720. The van der Waals surface area contributed by atoms with Crippen molar-refractivity contribution in [3.8, 4) is 0 Å². The first-order valence-electron chi connectivity index (χ1n) is 9.84. The SMILES string of the molecule is C=N/C=C1\CN(C)C(=O)N(c2cc(NC(=O)c3cccc(C(C)(C)C)c3)cnc2Cl)C1. The molecule has 7 nitrogen and oxygen atoms in total. The molecule has 31 heavy (non-hydrogen) atoms. The summed E-state index contributed by atoms with van der Waals surface area (Å²) >= 11 is 6.30. The van der Waals surface area contributed by atoms with Gasteiger partial charge < -0.3 is 10.2 Å². The van der Waals surface area contributed by atoms with Gasteiger partial charge in [-0.2, -0.15) is 0 Å². The van der Waals surface area contributed by atoms with E-state index in [4.69, 9.17) is 11.6 Å². The third-order valence-electron chi connectivity index (χ3n) is 4.99. The summed E-state index contributed by atoms with van der Waals surface area (Å²) < 4.78 is 0. The average molecular weight is 440 g/mol. The van der Waals surface area contributed by atoms with Crippen LogP contribution in [0.3, 0.4) is 0 Å². The minimum atomic E-state index is -0.264. The lowest BCUT2D eigenvalue weighted by Crippen LogP contribution is -2.49. The molecule has 1 aliphatic rings. The lowest BCUT2D eigenvalue weighted by Gasteiger charge is -2.35. The van der Waals surface area contributed by atoms with Gasteiger partial charge in [0.15, 0.2) is 5.15 Å². The Balaban J connectivity index is 1.88. The van der Waals surface area contributed by atoms with Crippen molar-refractivity contribution in [2.45, 2.75) is 26.2 Å². The maximum absolute atomic E-state index is 12.8. The fraction of sp³-hybridized carbons (Fsp3) is 0.304. The van der Waals surface area contributed by atoms with Gasteiger partial charge in [0.2, 0.25) is 0 Å². The van der Waals surface area contributed by atoms with E-state index in [0.717, 1.165) is 11.1 Å². The molecule has 1 N–H and O–H groups in total. The highest BCUT2D eigenvalue weighted by atomic mass is 35.5. The number of halogens is 1. The van der Waals surface area contributed by atoms with Crippen LogP contribution in [0.5, 0.6) is 0 Å². The quantitative estimate of drug-likeness (QED) is 0.552. The van der Waals surface area contributed by atoms with E-state index >= 15 is 0 Å². The van der Waals surface area contributed by atoms with Crippen LogP contribution >= 0.6 is 11.6 Å². The highest BCUT2D eigenvalue weighted by molar-refractivity contribution is 6.32. The monoisotopic (exact) mass is 439 g/mol. The Morgan fingerprint density at radius 3 is 2.71 bits per heavy atom. The second kappa shape index (κ2) is 8.89. The van der Waals surface area contributed by atoms with Crippen molar-refractivity contribution in [2.75, 3.05) is 30.4 Å². The minimum Gasteiger partial charge on any atom is -0.323 e. The molecular formula is C23H26ClN5O2. The topological polar surface area (TPSA) is 77.9 Å². The number of nitrogens with one attached hydrogen (secondary N) is 1. The van der Waals surface area contributed by atoms with Gasteiger partial charge in [0.1, 0.15) is 0 Å². The maximum Gasteiger partial charge on any atom is 0.324 e. The van der Waals surface area contributed by atoms with E-state index in [0.29, 0.717) is 30.0 Å². The molecule has 0 saturated carbocycles. The first-order valence-corrected chi connectivity index (χ1v) is 10.2. The van der Waals surface area contributed by atoms with E-state index in [1.54, 1.807) is 30.3 Å². The van der Waals surface area contributed by atoms with Crippen LogP contribution in [0.2, 0.25) is 5.15 Å². The van der Waals surface area contributed by atoms with Gasteiger partial charge in [-0.15, -0.1) is 0 Å². The van der Waals surface area contributed by atoms with Gasteiger partial charge in [-0.1, -0.05) is 44.5 Å².